The number of aromatic nitrogens is 1. The zero-order valence-corrected chi connectivity index (χ0v) is 28.5. The van der Waals surface area contributed by atoms with Gasteiger partial charge in [0.2, 0.25) is 0 Å². The highest BCUT2D eigenvalue weighted by atomic mass is 16.3. The summed E-state index contributed by atoms with van der Waals surface area (Å²) in [4.78, 5) is 2.43. The molecule has 0 bridgehead atoms. The van der Waals surface area contributed by atoms with Gasteiger partial charge in [-0.25, -0.2) is 0 Å². The Morgan fingerprint density at radius 3 is 1.90 bits per heavy atom. The molecule has 3 nitrogen and oxygen atoms in total. The van der Waals surface area contributed by atoms with Crippen LogP contribution in [0.1, 0.15) is 43.2 Å². The summed E-state index contributed by atoms with van der Waals surface area (Å²) >= 11 is 0. The van der Waals surface area contributed by atoms with Gasteiger partial charge in [0.05, 0.1) is 22.1 Å². The van der Waals surface area contributed by atoms with Crippen LogP contribution in [0.15, 0.2) is 174 Å². The molecule has 2 heterocycles. The first kappa shape index (κ1) is 29.8. The van der Waals surface area contributed by atoms with Gasteiger partial charge in [-0.05, 0) is 84.6 Å². The van der Waals surface area contributed by atoms with Crippen LogP contribution in [-0.4, -0.2) is 4.57 Å². The van der Waals surface area contributed by atoms with E-state index in [0.29, 0.717) is 0 Å². The number of hydrogen-bond donors (Lipinski definition) is 0. The number of nitrogens with zero attached hydrogens (tertiary/aromatic N) is 2. The fourth-order valence-corrected chi connectivity index (χ4v) is 8.91. The highest BCUT2D eigenvalue weighted by Crippen LogP contribution is 2.48. The highest BCUT2D eigenvalue weighted by molar-refractivity contribution is 6.14. The van der Waals surface area contributed by atoms with E-state index in [1.807, 2.05) is 6.07 Å². The molecule has 1 aliphatic carbocycles. The molecule has 10 rings (SSSR count). The van der Waals surface area contributed by atoms with Crippen LogP contribution >= 0.6 is 0 Å². The molecule has 7 aromatic carbocycles. The normalized spacial score (nSPS) is 14.4. The van der Waals surface area contributed by atoms with Crippen LogP contribution in [-0.2, 0) is 5.41 Å². The Morgan fingerprint density at radius 2 is 1.10 bits per heavy atom. The van der Waals surface area contributed by atoms with Gasteiger partial charge in [-0.2, -0.15) is 0 Å². The minimum atomic E-state index is 0.0408. The van der Waals surface area contributed by atoms with Crippen LogP contribution in [0.5, 0.6) is 0 Å². The topological polar surface area (TPSA) is 21.3 Å². The van der Waals surface area contributed by atoms with Crippen LogP contribution in [0.2, 0.25) is 0 Å². The van der Waals surface area contributed by atoms with Crippen LogP contribution in [0.3, 0.4) is 0 Å². The molecule has 9 aromatic rings. The molecule has 246 valence electrons. The second-order valence-corrected chi connectivity index (χ2v) is 14.0. The van der Waals surface area contributed by atoms with E-state index in [2.05, 4.69) is 173 Å². The third kappa shape index (κ3) is 4.80. The molecular formula is C48H38N2O. The van der Waals surface area contributed by atoms with Gasteiger partial charge >= 0.3 is 0 Å². The molecule has 1 saturated carbocycles. The summed E-state index contributed by atoms with van der Waals surface area (Å²) in [6, 6.07) is 61.9. The third-order valence-corrected chi connectivity index (χ3v) is 11.3. The summed E-state index contributed by atoms with van der Waals surface area (Å²) in [5.74, 6) is 0. The van der Waals surface area contributed by atoms with E-state index in [1.165, 1.54) is 65.0 Å². The molecule has 1 fully saturated rings. The maximum absolute atomic E-state index is 6.43. The van der Waals surface area contributed by atoms with Gasteiger partial charge in [-0.3, -0.25) is 0 Å². The number of rotatable bonds is 6. The van der Waals surface area contributed by atoms with E-state index in [-0.39, 0.29) is 5.41 Å². The van der Waals surface area contributed by atoms with Gasteiger partial charge in [-0.1, -0.05) is 128 Å². The second-order valence-electron chi connectivity index (χ2n) is 14.0. The van der Waals surface area contributed by atoms with Gasteiger partial charge in [0.1, 0.15) is 11.2 Å². The fraction of sp³-hybridized carbons (Fsp3) is 0.125. The lowest BCUT2D eigenvalue weighted by Gasteiger charge is -2.39. The lowest BCUT2D eigenvalue weighted by molar-refractivity contribution is 0.346. The van der Waals surface area contributed by atoms with Crippen molar-refractivity contribution in [1.82, 2.24) is 4.57 Å². The SMILES string of the molecule is c1ccc(-n2c3ccccc3c3ccc(N(c4ccc(C5(c6ccccc6)CCCCC5)cc4)c4cccc5oc6ccccc6c45)cc32)cc1. The number of hydrogen-bond acceptors (Lipinski definition) is 2. The summed E-state index contributed by atoms with van der Waals surface area (Å²) in [5.41, 5.74) is 11.5. The average Bonchev–Trinajstić information content (AvgIpc) is 3.75. The van der Waals surface area contributed by atoms with Gasteiger partial charge in [0, 0.05) is 38.6 Å². The van der Waals surface area contributed by atoms with Crippen molar-refractivity contribution in [3.63, 3.8) is 0 Å². The first-order valence-electron chi connectivity index (χ1n) is 18.2. The zero-order valence-electron chi connectivity index (χ0n) is 28.5. The molecule has 2 aromatic heterocycles. The molecule has 0 N–H and O–H groups in total. The quantitative estimate of drug-likeness (QED) is 0.177. The lowest BCUT2D eigenvalue weighted by atomic mass is 9.65. The van der Waals surface area contributed by atoms with Crippen molar-refractivity contribution in [3.8, 4) is 5.69 Å². The van der Waals surface area contributed by atoms with Crippen molar-refractivity contribution < 1.29 is 4.42 Å². The molecule has 1 aliphatic rings. The Morgan fingerprint density at radius 1 is 0.471 bits per heavy atom. The smallest absolute Gasteiger partial charge is 0.137 e. The molecule has 0 atom stereocenters. The molecule has 0 aliphatic heterocycles. The maximum Gasteiger partial charge on any atom is 0.137 e. The monoisotopic (exact) mass is 658 g/mol. The Hall–Kier alpha value is -6.06. The molecule has 0 unspecified atom stereocenters. The molecular weight excluding hydrogens is 621 g/mol. The summed E-state index contributed by atoms with van der Waals surface area (Å²) in [6.45, 7) is 0. The molecule has 0 radical (unpaired) electrons. The van der Waals surface area contributed by atoms with E-state index in [9.17, 15) is 0 Å². The van der Waals surface area contributed by atoms with E-state index >= 15 is 0 Å². The Kier molecular flexibility index (Phi) is 7.06. The predicted molar refractivity (Wildman–Crippen MR) is 213 cm³/mol. The van der Waals surface area contributed by atoms with Crippen LogP contribution in [0.25, 0.3) is 49.4 Å². The lowest BCUT2D eigenvalue weighted by Crippen LogP contribution is -2.30. The first-order chi connectivity index (χ1) is 25.3. The van der Waals surface area contributed by atoms with E-state index in [4.69, 9.17) is 4.42 Å². The van der Waals surface area contributed by atoms with E-state index in [1.54, 1.807) is 0 Å². The molecule has 0 amide bonds. The van der Waals surface area contributed by atoms with Crippen molar-refractivity contribution in [2.75, 3.05) is 4.90 Å². The van der Waals surface area contributed by atoms with Gasteiger partial charge < -0.3 is 13.9 Å². The summed E-state index contributed by atoms with van der Waals surface area (Å²) < 4.78 is 8.83. The van der Waals surface area contributed by atoms with Crippen molar-refractivity contribution >= 4 is 60.8 Å². The van der Waals surface area contributed by atoms with E-state index < -0.39 is 0 Å². The number of fused-ring (bicyclic) bond motifs is 6. The Balaban J connectivity index is 1.21. The van der Waals surface area contributed by atoms with Crippen LogP contribution in [0, 0.1) is 0 Å². The summed E-state index contributed by atoms with van der Waals surface area (Å²) in [5, 5.41) is 4.73. The van der Waals surface area contributed by atoms with E-state index in [0.717, 1.165) is 44.7 Å². The summed E-state index contributed by atoms with van der Waals surface area (Å²) in [7, 11) is 0. The largest absolute Gasteiger partial charge is 0.456 e. The average molecular weight is 659 g/mol. The third-order valence-electron chi connectivity index (χ3n) is 11.3. The number of anilines is 3. The zero-order chi connectivity index (χ0) is 33.8. The number of benzene rings is 7. The number of para-hydroxylation sites is 3. The fourth-order valence-electron chi connectivity index (χ4n) is 8.91. The van der Waals surface area contributed by atoms with Crippen molar-refractivity contribution in [2.24, 2.45) is 0 Å². The predicted octanol–water partition coefficient (Wildman–Crippen LogP) is 13.4. The Bertz CT molecular complexity index is 2660. The van der Waals surface area contributed by atoms with Crippen molar-refractivity contribution in [2.45, 2.75) is 37.5 Å². The van der Waals surface area contributed by atoms with Gasteiger partial charge in [0.15, 0.2) is 0 Å². The van der Waals surface area contributed by atoms with Crippen LogP contribution < -0.4 is 4.90 Å². The van der Waals surface area contributed by atoms with Gasteiger partial charge in [-0.15, -0.1) is 0 Å². The summed E-state index contributed by atoms with van der Waals surface area (Å²) in [6.07, 6.45) is 6.19. The minimum absolute atomic E-state index is 0.0408. The second kappa shape index (κ2) is 12.1. The molecule has 3 heteroatoms. The maximum atomic E-state index is 6.43. The van der Waals surface area contributed by atoms with Gasteiger partial charge in [0.25, 0.3) is 0 Å². The van der Waals surface area contributed by atoms with Crippen LogP contribution in [0.4, 0.5) is 17.1 Å². The minimum Gasteiger partial charge on any atom is -0.456 e. The van der Waals surface area contributed by atoms with Crippen molar-refractivity contribution in [1.29, 1.82) is 0 Å². The molecule has 0 spiro atoms. The highest BCUT2D eigenvalue weighted by Gasteiger charge is 2.35. The van der Waals surface area contributed by atoms with Crippen molar-refractivity contribution in [3.05, 3.63) is 181 Å². The standard InChI is InChI=1S/C48H38N2O/c1-4-15-34(16-5-1)48(31-12-3-13-32-48)35-25-27-37(28-26-35)49(43-22-14-24-46-47(43)41-20-9-11-23-45(41)51-46)38-29-30-40-39-19-8-10-21-42(39)50(44(40)33-38)36-17-6-2-7-18-36/h1-2,4-11,14-30,33H,3,12-13,31-32H2. The Labute approximate surface area is 298 Å². The first-order valence-corrected chi connectivity index (χ1v) is 18.2. The number of furan rings is 1. The molecule has 0 saturated heterocycles. The molecule has 51 heavy (non-hydrogen) atoms.